The average Bonchev–Trinajstić information content (AvgIpc) is 2.72. The molecule has 6 nitrogen and oxygen atoms in total. The van der Waals surface area contributed by atoms with Crippen molar-refractivity contribution in [3.05, 3.63) is 59.7 Å². The Kier molecular flexibility index (Phi) is 8.45. The summed E-state index contributed by atoms with van der Waals surface area (Å²) in [5, 5.41) is 16.2. The van der Waals surface area contributed by atoms with Gasteiger partial charge in [0, 0.05) is 26.1 Å². The van der Waals surface area contributed by atoms with Crippen LogP contribution in [0.3, 0.4) is 0 Å². The van der Waals surface area contributed by atoms with Crippen molar-refractivity contribution in [2.24, 2.45) is 4.99 Å². The molecule has 0 amide bonds. The average molecular weight is 371 g/mol. The van der Waals surface area contributed by atoms with Gasteiger partial charge < -0.3 is 25.2 Å². The number of aliphatic imine (C=N–C) groups is 1. The summed E-state index contributed by atoms with van der Waals surface area (Å²) in [5.74, 6) is 2.14. The summed E-state index contributed by atoms with van der Waals surface area (Å²) < 4.78 is 10.9. The molecule has 2 rings (SSSR count). The molecule has 0 heterocycles. The molecule has 0 saturated heterocycles. The molecule has 0 aromatic heterocycles. The Balaban J connectivity index is 1.92. The highest BCUT2D eigenvalue weighted by Crippen LogP contribution is 2.27. The van der Waals surface area contributed by atoms with Crippen molar-refractivity contribution in [3.63, 3.8) is 0 Å². The number of aliphatic hydroxyl groups is 1. The minimum atomic E-state index is 0.00953. The number of ether oxygens (including phenoxy) is 2. The van der Waals surface area contributed by atoms with Gasteiger partial charge in [-0.1, -0.05) is 36.4 Å². The maximum absolute atomic E-state index is 9.68. The maximum Gasteiger partial charge on any atom is 0.191 e. The number of rotatable bonds is 9. The van der Waals surface area contributed by atoms with Crippen LogP contribution in [0.5, 0.6) is 11.5 Å². The molecule has 6 heteroatoms. The minimum absolute atomic E-state index is 0.00953. The lowest BCUT2D eigenvalue weighted by Crippen LogP contribution is -2.39. The van der Waals surface area contributed by atoms with Crippen LogP contribution in [0.1, 0.15) is 24.0 Å². The number of aliphatic hydroxyl groups excluding tert-OH is 1. The van der Waals surface area contributed by atoms with Crippen molar-refractivity contribution >= 4 is 5.96 Å². The maximum atomic E-state index is 9.68. The third kappa shape index (κ3) is 6.18. The van der Waals surface area contributed by atoms with Gasteiger partial charge in [0.2, 0.25) is 0 Å². The van der Waals surface area contributed by atoms with Crippen molar-refractivity contribution in [2.45, 2.75) is 19.4 Å². The van der Waals surface area contributed by atoms with Crippen molar-refractivity contribution in [1.29, 1.82) is 0 Å². The monoisotopic (exact) mass is 371 g/mol. The van der Waals surface area contributed by atoms with Crippen molar-refractivity contribution in [2.75, 3.05) is 33.9 Å². The van der Waals surface area contributed by atoms with Crippen LogP contribution in [-0.4, -0.2) is 45.0 Å². The molecule has 0 aliphatic heterocycles. The first-order chi connectivity index (χ1) is 13.2. The Bertz CT molecular complexity index is 720. The SMILES string of the molecule is CCOc1cc(CNC(=NC)NCC(CO)c2ccccc2)ccc1OC. The Morgan fingerprint density at radius 2 is 1.89 bits per heavy atom. The highest BCUT2D eigenvalue weighted by molar-refractivity contribution is 5.79. The lowest BCUT2D eigenvalue weighted by Gasteiger charge is -2.18. The van der Waals surface area contributed by atoms with Crippen molar-refractivity contribution in [1.82, 2.24) is 10.6 Å². The number of nitrogens with one attached hydrogen (secondary N) is 2. The van der Waals surface area contributed by atoms with Gasteiger partial charge in [-0.3, -0.25) is 4.99 Å². The van der Waals surface area contributed by atoms with Gasteiger partial charge in [0.15, 0.2) is 17.5 Å². The molecule has 1 unspecified atom stereocenters. The van der Waals surface area contributed by atoms with Crippen LogP contribution in [0, 0.1) is 0 Å². The predicted molar refractivity (Wildman–Crippen MR) is 109 cm³/mol. The predicted octanol–water partition coefficient (Wildman–Crippen LogP) is 2.54. The number of nitrogens with zero attached hydrogens (tertiary/aromatic N) is 1. The smallest absolute Gasteiger partial charge is 0.191 e. The first-order valence-electron chi connectivity index (χ1n) is 9.11. The van der Waals surface area contributed by atoms with Crippen LogP contribution in [0.15, 0.2) is 53.5 Å². The Labute approximate surface area is 161 Å². The lowest BCUT2D eigenvalue weighted by molar-refractivity contribution is 0.265. The molecule has 2 aromatic carbocycles. The van der Waals surface area contributed by atoms with E-state index in [1.165, 1.54) is 0 Å². The summed E-state index contributed by atoms with van der Waals surface area (Å²) in [6.45, 7) is 3.79. The fourth-order valence-electron chi connectivity index (χ4n) is 2.74. The van der Waals surface area contributed by atoms with Crippen LogP contribution >= 0.6 is 0 Å². The van der Waals surface area contributed by atoms with E-state index in [-0.39, 0.29) is 12.5 Å². The second-order valence-electron chi connectivity index (χ2n) is 6.02. The Morgan fingerprint density at radius 1 is 1.11 bits per heavy atom. The standard InChI is InChI=1S/C21H29N3O3/c1-4-27-20-12-16(10-11-19(20)26-3)13-23-21(22-2)24-14-18(15-25)17-8-6-5-7-9-17/h5-12,18,25H,4,13-15H2,1-3H3,(H2,22,23,24). The number of hydrogen-bond acceptors (Lipinski definition) is 4. The largest absolute Gasteiger partial charge is 0.493 e. The molecule has 0 aliphatic carbocycles. The summed E-state index contributed by atoms with van der Waals surface area (Å²) in [4.78, 5) is 4.25. The van der Waals surface area contributed by atoms with Crippen LogP contribution in [0.4, 0.5) is 0 Å². The zero-order chi connectivity index (χ0) is 19.5. The first-order valence-corrected chi connectivity index (χ1v) is 9.11. The molecule has 0 radical (unpaired) electrons. The van der Waals surface area contributed by atoms with Gasteiger partial charge >= 0.3 is 0 Å². The molecular formula is C21H29N3O3. The minimum Gasteiger partial charge on any atom is -0.493 e. The highest BCUT2D eigenvalue weighted by atomic mass is 16.5. The van der Waals surface area contributed by atoms with Gasteiger partial charge in [-0.15, -0.1) is 0 Å². The van der Waals surface area contributed by atoms with E-state index in [1.807, 2.05) is 55.5 Å². The summed E-state index contributed by atoms with van der Waals surface area (Å²) in [6, 6.07) is 15.8. The number of methoxy groups -OCH3 is 1. The van der Waals surface area contributed by atoms with Gasteiger partial charge in [-0.2, -0.15) is 0 Å². The molecule has 27 heavy (non-hydrogen) atoms. The van der Waals surface area contributed by atoms with Crippen LogP contribution in [-0.2, 0) is 6.54 Å². The lowest BCUT2D eigenvalue weighted by atomic mass is 10.0. The van der Waals surface area contributed by atoms with Crippen LogP contribution in [0.2, 0.25) is 0 Å². The summed E-state index contributed by atoms with van der Waals surface area (Å²) in [7, 11) is 3.36. The third-order valence-electron chi connectivity index (χ3n) is 4.22. The van der Waals surface area contributed by atoms with E-state index in [4.69, 9.17) is 9.47 Å². The Hall–Kier alpha value is -2.73. The summed E-state index contributed by atoms with van der Waals surface area (Å²) in [5.41, 5.74) is 2.16. The van der Waals surface area contributed by atoms with Crippen molar-refractivity contribution in [3.8, 4) is 11.5 Å². The summed E-state index contributed by atoms with van der Waals surface area (Å²) >= 11 is 0. The normalized spacial score (nSPS) is 12.4. The fraction of sp³-hybridized carbons (Fsp3) is 0.381. The molecule has 0 bridgehead atoms. The molecule has 0 spiro atoms. The van der Waals surface area contributed by atoms with E-state index in [9.17, 15) is 5.11 Å². The van der Waals surface area contributed by atoms with E-state index in [2.05, 4.69) is 15.6 Å². The third-order valence-corrected chi connectivity index (χ3v) is 4.22. The van der Waals surface area contributed by atoms with E-state index < -0.39 is 0 Å². The van der Waals surface area contributed by atoms with Crippen molar-refractivity contribution < 1.29 is 14.6 Å². The first kappa shape index (κ1) is 20.6. The van der Waals surface area contributed by atoms with Gasteiger partial charge in [0.1, 0.15) is 0 Å². The quantitative estimate of drug-likeness (QED) is 0.467. The topological polar surface area (TPSA) is 75.1 Å². The fourth-order valence-corrected chi connectivity index (χ4v) is 2.74. The number of benzene rings is 2. The molecule has 0 saturated carbocycles. The van der Waals surface area contributed by atoms with Gasteiger partial charge in [-0.05, 0) is 30.2 Å². The van der Waals surface area contributed by atoms with Crippen LogP contribution < -0.4 is 20.1 Å². The van der Waals surface area contributed by atoms with E-state index in [0.29, 0.717) is 25.7 Å². The molecule has 2 aromatic rings. The highest BCUT2D eigenvalue weighted by Gasteiger charge is 2.11. The van der Waals surface area contributed by atoms with E-state index >= 15 is 0 Å². The number of guanidine groups is 1. The molecular weight excluding hydrogens is 342 g/mol. The molecule has 0 fully saturated rings. The van der Waals surface area contributed by atoms with Gasteiger partial charge in [0.05, 0.1) is 20.3 Å². The van der Waals surface area contributed by atoms with Gasteiger partial charge in [-0.25, -0.2) is 0 Å². The Morgan fingerprint density at radius 3 is 2.52 bits per heavy atom. The molecule has 1 atom stereocenters. The molecule has 0 aliphatic rings. The zero-order valence-electron chi connectivity index (χ0n) is 16.2. The second kappa shape index (κ2) is 11.1. The van der Waals surface area contributed by atoms with Gasteiger partial charge in [0.25, 0.3) is 0 Å². The van der Waals surface area contributed by atoms with Crippen LogP contribution in [0.25, 0.3) is 0 Å². The number of hydrogen-bond donors (Lipinski definition) is 3. The summed E-state index contributed by atoms with van der Waals surface area (Å²) in [6.07, 6.45) is 0. The van der Waals surface area contributed by atoms with E-state index in [1.54, 1.807) is 14.2 Å². The molecule has 146 valence electrons. The molecule has 3 N–H and O–H groups in total. The van der Waals surface area contributed by atoms with E-state index in [0.717, 1.165) is 22.6 Å². The zero-order valence-corrected chi connectivity index (χ0v) is 16.2. The second-order valence-corrected chi connectivity index (χ2v) is 6.02.